The first-order valence-electron chi connectivity index (χ1n) is 7.86. The molecule has 2 N–H and O–H groups in total. The van der Waals surface area contributed by atoms with E-state index in [9.17, 15) is 0 Å². The third-order valence-electron chi connectivity index (χ3n) is 3.53. The van der Waals surface area contributed by atoms with Crippen LogP contribution in [0.15, 0.2) is 55.0 Å². The molecule has 124 valence electrons. The number of thiocarbonyl (C=S) groups is 1. The molecule has 7 heteroatoms. The smallest absolute Gasteiger partial charge is 0.171 e. The molecule has 0 aliphatic carbocycles. The van der Waals surface area contributed by atoms with Crippen LogP contribution in [0.1, 0.15) is 18.2 Å². The lowest BCUT2D eigenvalue weighted by Gasteiger charge is -2.07. The molecule has 2 aromatic heterocycles. The molecule has 0 aliphatic rings. The monoisotopic (exact) mass is 340 g/mol. The minimum absolute atomic E-state index is 0.556. The van der Waals surface area contributed by atoms with Crippen LogP contribution in [-0.4, -0.2) is 24.7 Å². The predicted molar refractivity (Wildman–Crippen MR) is 98.7 cm³/mol. The number of rotatable bonds is 6. The molecule has 0 unspecified atom stereocenters. The van der Waals surface area contributed by atoms with Gasteiger partial charge in [0.1, 0.15) is 0 Å². The summed E-state index contributed by atoms with van der Waals surface area (Å²) in [5, 5.41) is 15.6. The fourth-order valence-corrected chi connectivity index (χ4v) is 2.50. The molecule has 6 nitrogen and oxygen atoms in total. The molecule has 24 heavy (non-hydrogen) atoms. The van der Waals surface area contributed by atoms with Crippen LogP contribution in [0.3, 0.4) is 0 Å². The van der Waals surface area contributed by atoms with E-state index in [1.807, 2.05) is 46.0 Å². The fraction of sp³-hybridized carbons (Fsp3) is 0.235. The van der Waals surface area contributed by atoms with Crippen LogP contribution >= 0.6 is 12.2 Å². The van der Waals surface area contributed by atoms with Gasteiger partial charge in [-0.05, 0) is 30.8 Å². The van der Waals surface area contributed by atoms with Crippen LogP contribution in [0.2, 0.25) is 0 Å². The molecule has 3 aromatic rings. The Morgan fingerprint density at radius 2 is 2.00 bits per heavy atom. The van der Waals surface area contributed by atoms with Gasteiger partial charge in [0.15, 0.2) is 5.11 Å². The molecule has 1 aromatic carbocycles. The van der Waals surface area contributed by atoms with Gasteiger partial charge in [0.25, 0.3) is 0 Å². The molecule has 3 rings (SSSR count). The van der Waals surface area contributed by atoms with E-state index in [0.29, 0.717) is 11.7 Å². The Morgan fingerprint density at radius 3 is 2.75 bits per heavy atom. The number of aromatic nitrogens is 4. The van der Waals surface area contributed by atoms with Gasteiger partial charge in [-0.25, -0.2) is 0 Å². The Morgan fingerprint density at radius 1 is 1.17 bits per heavy atom. The SMILES string of the molecule is CCn1ccc(CNC(=S)Nc2cnn(Cc3ccccc3)c2)n1. The van der Waals surface area contributed by atoms with Gasteiger partial charge in [-0.3, -0.25) is 9.36 Å². The predicted octanol–water partition coefficient (Wildman–Crippen LogP) is 2.63. The minimum atomic E-state index is 0.556. The summed E-state index contributed by atoms with van der Waals surface area (Å²) in [4.78, 5) is 0. The van der Waals surface area contributed by atoms with Crippen LogP contribution in [0, 0.1) is 0 Å². The van der Waals surface area contributed by atoms with E-state index in [4.69, 9.17) is 12.2 Å². The van der Waals surface area contributed by atoms with Crippen LogP contribution in [0.4, 0.5) is 5.69 Å². The number of benzene rings is 1. The van der Waals surface area contributed by atoms with Crippen molar-refractivity contribution in [3.05, 3.63) is 66.2 Å². The molecule has 0 spiro atoms. The first-order valence-corrected chi connectivity index (χ1v) is 8.27. The Kier molecular flexibility index (Phi) is 5.22. The van der Waals surface area contributed by atoms with Crippen molar-refractivity contribution in [2.75, 3.05) is 5.32 Å². The Bertz CT molecular complexity index is 792. The molecular weight excluding hydrogens is 320 g/mol. The highest BCUT2D eigenvalue weighted by atomic mass is 32.1. The van der Waals surface area contributed by atoms with Crippen LogP contribution < -0.4 is 10.6 Å². The van der Waals surface area contributed by atoms with Gasteiger partial charge in [-0.2, -0.15) is 10.2 Å². The summed E-state index contributed by atoms with van der Waals surface area (Å²) < 4.78 is 3.77. The zero-order chi connectivity index (χ0) is 16.8. The van der Waals surface area contributed by atoms with E-state index < -0.39 is 0 Å². The molecule has 0 radical (unpaired) electrons. The van der Waals surface area contributed by atoms with Crippen molar-refractivity contribution in [2.45, 2.75) is 26.6 Å². The highest BCUT2D eigenvalue weighted by Crippen LogP contribution is 2.08. The normalized spacial score (nSPS) is 10.5. The number of hydrogen-bond acceptors (Lipinski definition) is 3. The number of nitrogens with zero attached hydrogens (tertiary/aromatic N) is 4. The quantitative estimate of drug-likeness (QED) is 0.676. The second kappa shape index (κ2) is 7.74. The zero-order valence-electron chi connectivity index (χ0n) is 13.5. The van der Waals surface area contributed by atoms with Gasteiger partial charge in [0.2, 0.25) is 0 Å². The lowest BCUT2D eigenvalue weighted by Crippen LogP contribution is -2.28. The van der Waals surface area contributed by atoms with E-state index in [1.165, 1.54) is 5.56 Å². The van der Waals surface area contributed by atoms with Gasteiger partial charge < -0.3 is 10.6 Å². The Balaban J connectivity index is 1.49. The minimum Gasteiger partial charge on any atom is -0.357 e. The van der Waals surface area contributed by atoms with Crippen molar-refractivity contribution >= 4 is 23.0 Å². The molecule has 0 aliphatic heterocycles. The van der Waals surface area contributed by atoms with Gasteiger partial charge in [-0.1, -0.05) is 30.3 Å². The largest absolute Gasteiger partial charge is 0.357 e. The molecular formula is C17H20N6S. The third kappa shape index (κ3) is 4.42. The summed E-state index contributed by atoms with van der Waals surface area (Å²) in [5.41, 5.74) is 3.03. The lowest BCUT2D eigenvalue weighted by atomic mass is 10.2. The van der Waals surface area contributed by atoms with Crippen molar-refractivity contribution < 1.29 is 0 Å². The first kappa shape index (κ1) is 16.2. The number of aryl methyl sites for hydroxylation is 1. The summed E-state index contributed by atoms with van der Waals surface area (Å²) in [6.45, 7) is 4.25. The zero-order valence-corrected chi connectivity index (χ0v) is 14.3. The van der Waals surface area contributed by atoms with E-state index >= 15 is 0 Å². The number of nitrogens with one attached hydrogen (secondary N) is 2. The summed E-state index contributed by atoms with van der Waals surface area (Å²) in [5.74, 6) is 0. The molecule has 0 fully saturated rings. The molecule has 0 bridgehead atoms. The fourth-order valence-electron chi connectivity index (χ4n) is 2.31. The van der Waals surface area contributed by atoms with Crippen molar-refractivity contribution in [3.8, 4) is 0 Å². The van der Waals surface area contributed by atoms with Gasteiger partial charge in [0, 0.05) is 18.9 Å². The summed E-state index contributed by atoms with van der Waals surface area (Å²) in [6, 6.07) is 12.2. The van der Waals surface area contributed by atoms with Gasteiger partial charge in [-0.15, -0.1) is 0 Å². The maximum atomic E-state index is 5.32. The molecule has 0 amide bonds. The Hall–Kier alpha value is -2.67. The maximum Gasteiger partial charge on any atom is 0.171 e. The standard InChI is InChI=1S/C17H20N6S/c1-2-22-9-8-15(21-22)10-18-17(24)20-16-11-19-23(13-16)12-14-6-4-3-5-7-14/h3-9,11,13H,2,10,12H2,1H3,(H2,18,20,24). The van der Waals surface area contributed by atoms with E-state index in [0.717, 1.165) is 24.5 Å². The highest BCUT2D eigenvalue weighted by molar-refractivity contribution is 7.80. The van der Waals surface area contributed by atoms with Crippen LogP contribution in [0.25, 0.3) is 0 Å². The second-order valence-electron chi connectivity index (χ2n) is 5.38. The molecule has 0 atom stereocenters. The van der Waals surface area contributed by atoms with Crippen LogP contribution in [-0.2, 0) is 19.6 Å². The summed E-state index contributed by atoms with van der Waals surface area (Å²) in [6.07, 6.45) is 5.66. The van der Waals surface area contributed by atoms with Crippen molar-refractivity contribution in [1.29, 1.82) is 0 Å². The van der Waals surface area contributed by atoms with Gasteiger partial charge in [0.05, 0.1) is 30.7 Å². The third-order valence-corrected chi connectivity index (χ3v) is 3.77. The molecule has 0 saturated carbocycles. The van der Waals surface area contributed by atoms with E-state index in [2.05, 4.69) is 39.9 Å². The summed E-state index contributed by atoms with van der Waals surface area (Å²) >= 11 is 5.32. The van der Waals surface area contributed by atoms with E-state index in [1.54, 1.807) is 6.20 Å². The first-order chi connectivity index (χ1) is 11.7. The average molecular weight is 340 g/mol. The van der Waals surface area contributed by atoms with Crippen molar-refractivity contribution in [3.63, 3.8) is 0 Å². The van der Waals surface area contributed by atoms with Crippen LogP contribution in [0.5, 0.6) is 0 Å². The second-order valence-corrected chi connectivity index (χ2v) is 5.79. The number of hydrogen-bond donors (Lipinski definition) is 2. The lowest BCUT2D eigenvalue weighted by molar-refractivity contribution is 0.643. The number of anilines is 1. The van der Waals surface area contributed by atoms with Crippen molar-refractivity contribution in [1.82, 2.24) is 24.9 Å². The average Bonchev–Trinajstić information content (AvgIpc) is 3.23. The molecule has 0 saturated heterocycles. The van der Waals surface area contributed by atoms with Gasteiger partial charge >= 0.3 is 0 Å². The van der Waals surface area contributed by atoms with Crippen molar-refractivity contribution in [2.24, 2.45) is 0 Å². The Labute approximate surface area is 146 Å². The maximum absolute atomic E-state index is 5.32. The summed E-state index contributed by atoms with van der Waals surface area (Å²) in [7, 11) is 0. The molecule has 2 heterocycles. The highest BCUT2D eigenvalue weighted by Gasteiger charge is 2.03. The van der Waals surface area contributed by atoms with E-state index in [-0.39, 0.29) is 0 Å². The topological polar surface area (TPSA) is 59.7 Å².